The summed E-state index contributed by atoms with van der Waals surface area (Å²) in [5, 5.41) is 4.62. The van der Waals surface area contributed by atoms with Crippen molar-refractivity contribution in [1.29, 1.82) is 0 Å². The minimum Gasteiger partial charge on any atom is -0.459 e. The van der Waals surface area contributed by atoms with E-state index in [0.717, 1.165) is 11.4 Å². The molecule has 0 saturated heterocycles. The molecule has 2 aromatic heterocycles. The summed E-state index contributed by atoms with van der Waals surface area (Å²) >= 11 is 5.89. The van der Waals surface area contributed by atoms with Gasteiger partial charge in [0.25, 0.3) is 0 Å². The van der Waals surface area contributed by atoms with Crippen LogP contribution >= 0.6 is 11.6 Å². The number of hydrazone groups is 1. The predicted octanol–water partition coefficient (Wildman–Crippen LogP) is 3.49. The molecule has 0 bridgehead atoms. The molecule has 2 heterocycles. The van der Waals surface area contributed by atoms with E-state index in [2.05, 4.69) is 10.5 Å². The first-order valence-corrected chi connectivity index (χ1v) is 6.92. The van der Waals surface area contributed by atoms with Crippen LogP contribution in [0.5, 0.6) is 0 Å². The highest BCUT2D eigenvalue weighted by molar-refractivity contribution is 6.30. The van der Waals surface area contributed by atoms with E-state index in [1.807, 2.05) is 47.2 Å². The number of nitrogens with zero attached hydrogens (tertiary/aromatic N) is 2. The summed E-state index contributed by atoms with van der Waals surface area (Å²) in [4.78, 5) is 11.7. The zero-order valence-electron chi connectivity index (χ0n) is 11.4. The van der Waals surface area contributed by atoms with Crippen molar-refractivity contribution >= 4 is 23.7 Å². The first kappa shape index (κ1) is 14.2. The third-order valence-electron chi connectivity index (χ3n) is 2.99. The predicted molar refractivity (Wildman–Crippen MR) is 84.5 cm³/mol. The number of aromatic nitrogens is 1. The van der Waals surface area contributed by atoms with Gasteiger partial charge in [-0.05, 0) is 48.5 Å². The molecule has 0 unspecified atom stereocenters. The number of rotatable bonds is 4. The molecule has 3 aromatic rings. The Morgan fingerprint density at radius 2 is 2.00 bits per heavy atom. The SMILES string of the molecule is O=C(NN=Cc1cccn1-c1ccc(Cl)cc1)c1ccco1. The molecule has 1 aromatic carbocycles. The summed E-state index contributed by atoms with van der Waals surface area (Å²) in [6.45, 7) is 0. The fourth-order valence-electron chi connectivity index (χ4n) is 1.96. The zero-order chi connectivity index (χ0) is 15.4. The second kappa shape index (κ2) is 6.32. The lowest BCUT2D eigenvalue weighted by molar-refractivity contribution is 0.0927. The first-order chi connectivity index (χ1) is 10.7. The number of amides is 1. The molecule has 0 fully saturated rings. The number of hydrogen-bond acceptors (Lipinski definition) is 3. The third-order valence-corrected chi connectivity index (χ3v) is 3.24. The highest BCUT2D eigenvalue weighted by atomic mass is 35.5. The lowest BCUT2D eigenvalue weighted by Gasteiger charge is -2.06. The van der Waals surface area contributed by atoms with E-state index < -0.39 is 5.91 Å². The van der Waals surface area contributed by atoms with Gasteiger partial charge in [0.1, 0.15) is 0 Å². The van der Waals surface area contributed by atoms with E-state index in [-0.39, 0.29) is 5.76 Å². The Hall–Kier alpha value is -2.79. The van der Waals surface area contributed by atoms with Gasteiger partial charge in [-0.1, -0.05) is 11.6 Å². The van der Waals surface area contributed by atoms with E-state index in [1.165, 1.54) is 6.26 Å². The first-order valence-electron chi connectivity index (χ1n) is 6.54. The van der Waals surface area contributed by atoms with Gasteiger partial charge in [0.05, 0.1) is 18.2 Å². The van der Waals surface area contributed by atoms with Crippen LogP contribution in [0.2, 0.25) is 5.02 Å². The van der Waals surface area contributed by atoms with Crippen LogP contribution in [0.1, 0.15) is 16.2 Å². The van der Waals surface area contributed by atoms with Crippen molar-refractivity contribution in [2.24, 2.45) is 5.10 Å². The number of benzene rings is 1. The van der Waals surface area contributed by atoms with E-state index in [1.54, 1.807) is 18.3 Å². The summed E-state index contributed by atoms with van der Waals surface area (Å²) in [5.41, 5.74) is 4.19. The van der Waals surface area contributed by atoms with Crippen LogP contribution in [0.15, 0.2) is 70.5 Å². The van der Waals surface area contributed by atoms with Gasteiger partial charge < -0.3 is 8.98 Å². The fraction of sp³-hybridized carbons (Fsp3) is 0. The summed E-state index contributed by atoms with van der Waals surface area (Å²) in [7, 11) is 0. The van der Waals surface area contributed by atoms with Gasteiger partial charge in [0.2, 0.25) is 0 Å². The number of furan rings is 1. The Labute approximate surface area is 131 Å². The fourth-order valence-corrected chi connectivity index (χ4v) is 2.08. The molecule has 0 aliphatic carbocycles. The number of hydrogen-bond donors (Lipinski definition) is 1. The highest BCUT2D eigenvalue weighted by Gasteiger charge is 2.06. The van der Waals surface area contributed by atoms with Crippen LogP contribution in [0.25, 0.3) is 5.69 Å². The summed E-state index contributed by atoms with van der Waals surface area (Å²) in [6.07, 6.45) is 4.90. The summed E-state index contributed by atoms with van der Waals surface area (Å²) < 4.78 is 6.91. The van der Waals surface area contributed by atoms with Crippen molar-refractivity contribution in [3.63, 3.8) is 0 Å². The molecule has 0 aliphatic rings. The molecule has 1 N–H and O–H groups in total. The second-order valence-electron chi connectivity index (χ2n) is 4.46. The molecule has 6 heteroatoms. The maximum Gasteiger partial charge on any atom is 0.307 e. The normalized spacial score (nSPS) is 11.0. The average molecular weight is 314 g/mol. The van der Waals surface area contributed by atoms with Crippen LogP contribution in [0.3, 0.4) is 0 Å². The van der Waals surface area contributed by atoms with Crippen molar-refractivity contribution < 1.29 is 9.21 Å². The average Bonchev–Trinajstić information content (AvgIpc) is 3.19. The van der Waals surface area contributed by atoms with E-state index >= 15 is 0 Å². The van der Waals surface area contributed by atoms with Gasteiger partial charge in [-0.25, -0.2) is 5.43 Å². The molecule has 1 amide bonds. The van der Waals surface area contributed by atoms with Crippen LogP contribution < -0.4 is 5.43 Å². The van der Waals surface area contributed by atoms with Gasteiger partial charge in [-0.2, -0.15) is 5.10 Å². The van der Waals surface area contributed by atoms with Gasteiger partial charge in [-0.15, -0.1) is 0 Å². The zero-order valence-corrected chi connectivity index (χ0v) is 12.2. The Morgan fingerprint density at radius 1 is 1.18 bits per heavy atom. The van der Waals surface area contributed by atoms with Crippen LogP contribution in [0.4, 0.5) is 0 Å². The molecule has 0 aliphatic heterocycles. The monoisotopic (exact) mass is 313 g/mol. The Morgan fingerprint density at radius 3 is 2.73 bits per heavy atom. The van der Waals surface area contributed by atoms with Crippen LogP contribution in [-0.4, -0.2) is 16.7 Å². The maximum atomic E-state index is 11.7. The van der Waals surface area contributed by atoms with E-state index in [4.69, 9.17) is 16.0 Å². The van der Waals surface area contributed by atoms with Crippen LogP contribution in [-0.2, 0) is 0 Å². The Bertz CT molecular complexity index is 789. The lowest BCUT2D eigenvalue weighted by atomic mass is 10.3. The number of carbonyl (C=O) groups is 1. The molecule has 0 atom stereocenters. The molecule has 0 radical (unpaired) electrons. The van der Waals surface area contributed by atoms with Gasteiger partial charge in [0.15, 0.2) is 5.76 Å². The van der Waals surface area contributed by atoms with E-state index in [9.17, 15) is 4.79 Å². The molecule has 3 rings (SSSR count). The third kappa shape index (κ3) is 3.10. The Kier molecular flexibility index (Phi) is 4.07. The van der Waals surface area contributed by atoms with Crippen LogP contribution in [0, 0.1) is 0 Å². The molecule has 0 saturated carbocycles. The van der Waals surface area contributed by atoms with Crippen molar-refractivity contribution in [1.82, 2.24) is 9.99 Å². The number of nitrogens with one attached hydrogen (secondary N) is 1. The minimum atomic E-state index is -0.397. The van der Waals surface area contributed by atoms with Crippen molar-refractivity contribution in [2.75, 3.05) is 0 Å². The number of carbonyl (C=O) groups excluding carboxylic acids is 1. The van der Waals surface area contributed by atoms with Gasteiger partial charge in [0, 0.05) is 16.9 Å². The topological polar surface area (TPSA) is 59.5 Å². The number of halogens is 1. The lowest BCUT2D eigenvalue weighted by Crippen LogP contribution is -2.17. The highest BCUT2D eigenvalue weighted by Crippen LogP contribution is 2.15. The van der Waals surface area contributed by atoms with E-state index in [0.29, 0.717) is 5.02 Å². The Balaban J connectivity index is 1.74. The summed E-state index contributed by atoms with van der Waals surface area (Å²) in [6, 6.07) is 14.4. The maximum absolute atomic E-state index is 11.7. The minimum absolute atomic E-state index is 0.213. The molecular weight excluding hydrogens is 302 g/mol. The second-order valence-corrected chi connectivity index (χ2v) is 4.89. The molecule has 110 valence electrons. The van der Waals surface area contributed by atoms with Gasteiger partial charge >= 0.3 is 5.91 Å². The van der Waals surface area contributed by atoms with Crippen molar-refractivity contribution in [3.8, 4) is 5.69 Å². The largest absolute Gasteiger partial charge is 0.459 e. The van der Waals surface area contributed by atoms with Gasteiger partial charge in [-0.3, -0.25) is 4.79 Å². The van der Waals surface area contributed by atoms with Crippen molar-refractivity contribution in [3.05, 3.63) is 77.5 Å². The molecule has 5 nitrogen and oxygen atoms in total. The molecule has 0 spiro atoms. The smallest absolute Gasteiger partial charge is 0.307 e. The summed E-state index contributed by atoms with van der Waals surface area (Å²) in [5.74, 6) is -0.184. The van der Waals surface area contributed by atoms with Crippen molar-refractivity contribution in [2.45, 2.75) is 0 Å². The molecular formula is C16H12ClN3O2. The quantitative estimate of drug-likeness (QED) is 0.592. The molecule has 22 heavy (non-hydrogen) atoms. The standard InChI is InChI=1S/C16H12ClN3O2/c17-12-5-7-13(8-6-12)20-9-1-3-14(20)11-18-19-16(21)15-4-2-10-22-15/h1-11H,(H,19,21).